The van der Waals surface area contributed by atoms with Gasteiger partial charge in [0.25, 0.3) is 0 Å². The zero-order valence-corrected chi connectivity index (χ0v) is 12.2. The SMILES string of the molecule is C[C@@H]1CC[C@H](Nc2n[nH]c(N=CN(C)C)n2)C[C@H]1C. The first-order valence-electron chi connectivity index (χ1n) is 6.94. The van der Waals surface area contributed by atoms with Crippen LogP contribution in [-0.4, -0.2) is 46.6 Å². The summed E-state index contributed by atoms with van der Waals surface area (Å²) in [6.45, 7) is 4.66. The second kappa shape index (κ2) is 6.04. The van der Waals surface area contributed by atoms with Crippen molar-refractivity contribution in [3.05, 3.63) is 0 Å². The molecule has 1 aliphatic rings. The minimum absolute atomic E-state index is 0.479. The molecule has 0 saturated heterocycles. The summed E-state index contributed by atoms with van der Waals surface area (Å²) in [6.07, 6.45) is 5.35. The lowest BCUT2D eigenvalue weighted by atomic mass is 9.79. The number of nitrogens with one attached hydrogen (secondary N) is 2. The molecule has 2 N–H and O–H groups in total. The third kappa shape index (κ3) is 3.94. The van der Waals surface area contributed by atoms with Gasteiger partial charge in [0, 0.05) is 20.1 Å². The average molecular weight is 264 g/mol. The molecule has 1 saturated carbocycles. The van der Waals surface area contributed by atoms with E-state index in [1.807, 2.05) is 19.0 Å². The maximum Gasteiger partial charge on any atom is 0.248 e. The molecular formula is C13H24N6. The third-order valence-electron chi connectivity index (χ3n) is 3.82. The van der Waals surface area contributed by atoms with E-state index in [0.29, 0.717) is 17.9 Å². The Morgan fingerprint density at radius 2 is 2.11 bits per heavy atom. The highest BCUT2D eigenvalue weighted by atomic mass is 15.3. The summed E-state index contributed by atoms with van der Waals surface area (Å²) in [6, 6.07) is 0.479. The molecule has 0 spiro atoms. The number of nitrogens with zero attached hydrogens (tertiary/aromatic N) is 4. The van der Waals surface area contributed by atoms with Crippen molar-refractivity contribution in [2.24, 2.45) is 16.8 Å². The quantitative estimate of drug-likeness (QED) is 0.646. The lowest BCUT2D eigenvalue weighted by molar-refractivity contribution is 0.260. The van der Waals surface area contributed by atoms with E-state index in [1.165, 1.54) is 19.3 Å². The van der Waals surface area contributed by atoms with Gasteiger partial charge in [-0.25, -0.2) is 10.1 Å². The number of rotatable bonds is 4. The maximum absolute atomic E-state index is 4.32. The Morgan fingerprint density at radius 3 is 2.79 bits per heavy atom. The van der Waals surface area contributed by atoms with Crippen molar-refractivity contribution >= 4 is 18.2 Å². The molecule has 2 rings (SSSR count). The van der Waals surface area contributed by atoms with Gasteiger partial charge in [-0.05, 0) is 31.1 Å². The lowest BCUT2D eigenvalue weighted by Gasteiger charge is -2.32. The molecule has 1 aromatic heterocycles. The fraction of sp³-hybridized carbons (Fsp3) is 0.769. The average Bonchev–Trinajstić information content (AvgIpc) is 2.79. The maximum atomic E-state index is 4.32. The molecule has 19 heavy (non-hydrogen) atoms. The van der Waals surface area contributed by atoms with Crippen LogP contribution >= 0.6 is 0 Å². The molecule has 0 unspecified atom stereocenters. The molecule has 1 fully saturated rings. The highest BCUT2D eigenvalue weighted by Crippen LogP contribution is 2.30. The second-order valence-corrected chi connectivity index (χ2v) is 5.80. The third-order valence-corrected chi connectivity index (χ3v) is 3.82. The van der Waals surface area contributed by atoms with Crippen LogP contribution in [0.15, 0.2) is 4.99 Å². The van der Waals surface area contributed by atoms with Crippen LogP contribution in [0, 0.1) is 11.8 Å². The van der Waals surface area contributed by atoms with Gasteiger partial charge in [0.05, 0.1) is 6.34 Å². The summed E-state index contributed by atoms with van der Waals surface area (Å²) in [5, 5.41) is 10.4. The number of aromatic nitrogens is 3. The van der Waals surface area contributed by atoms with Gasteiger partial charge in [-0.3, -0.25) is 0 Å². The molecule has 0 aromatic carbocycles. The van der Waals surface area contributed by atoms with Crippen molar-refractivity contribution in [1.82, 2.24) is 20.1 Å². The number of aromatic amines is 1. The summed E-state index contributed by atoms with van der Waals surface area (Å²) < 4.78 is 0. The smallest absolute Gasteiger partial charge is 0.248 e. The van der Waals surface area contributed by atoms with Crippen LogP contribution < -0.4 is 5.32 Å². The second-order valence-electron chi connectivity index (χ2n) is 5.80. The van der Waals surface area contributed by atoms with Crippen molar-refractivity contribution in [3.8, 4) is 0 Å². The molecular weight excluding hydrogens is 240 g/mol. The predicted octanol–water partition coefficient (Wildman–Crippen LogP) is 2.26. The topological polar surface area (TPSA) is 69.2 Å². The van der Waals surface area contributed by atoms with E-state index in [-0.39, 0.29) is 0 Å². The van der Waals surface area contributed by atoms with Crippen molar-refractivity contribution in [2.75, 3.05) is 19.4 Å². The van der Waals surface area contributed by atoms with Crippen LogP contribution in [0.25, 0.3) is 0 Å². The highest BCUT2D eigenvalue weighted by molar-refractivity contribution is 5.57. The summed E-state index contributed by atoms with van der Waals surface area (Å²) in [4.78, 5) is 10.4. The van der Waals surface area contributed by atoms with E-state index in [2.05, 4.69) is 39.3 Å². The van der Waals surface area contributed by atoms with Crippen molar-refractivity contribution in [2.45, 2.75) is 39.2 Å². The van der Waals surface area contributed by atoms with Gasteiger partial charge in [-0.1, -0.05) is 13.8 Å². The zero-order chi connectivity index (χ0) is 13.8. The Balaban J connectivity index is 1.89. The van der Waals surface area contributed by atoms with Crippen molar-refractivity contribution < 1.29 is 0 Å². The number of hydrogen-bond donors (Lipinski definition) is 2. The molecule has 106 valence electrons. The molecule has 1 heterocycles. The molecule has 1 aromatic rings. The highest BCUT2D eigenvalue weighted by Gasteiger charge is 2.25. The van der Waals surface area contributed by atoms with Crippen molar-refractivity contribution in [3.63, 3.8) is 0 Å². The molecule has 6 nitrogen and oxygen atoms in total. The summed E-state index contributed by atoms with van der Waals surface area (Å²) >= 11 is 0. The number of hydrogen-bond acceptors (Lipinski definition) is 4. The van der Waals surface area contributed by atoms with E-state index >= 15 is 0 Å². The minimum Gasteiger partial charge on any atom is -0.369 e. The molecule has 0 radical (unpaired) electrons. The van der Waals surface area contributed by atoms with Crippen LogP contribution in [0.3, 0.4) is 0 Å². The van der Waals surface area contributed by atoms with Gasteiger partial charge in [0.2, 0.25) is 11.9 Å². The largest absolute Gasteiger partial charge is 0.369 e. The molecule has 1 aliphatic carbocycles. The van der Waals surface area contributed by atoms with Crippen molar-refractivity contribution in [1.29, 1.82) is 0 Å². The zero-order valence-electron chi connectivity index (χ0n) is 12.2. The first-order chi connectivity index (χ1) is 9.04. The number of H-pyrrole nitrogens is 1. The lowest BCUT2D eigenvalue weighted by Crippen LogP contribution is -2.30. The van der Waals surface area contributed by atoms with Crippen LogP contribution in [0.1, 0.15) is 33.1 Å². The van der Waals surface area contributed by atoms with E-state index in [9.17, 15) is 0 Å². The Bertz CT molecular complexity index is 425. The Hall–Kier alpha value is -1.59. The first-order valence-corrected chi connectivity index (χ1v) is 6.94. The van der Waals surface area contributed by atoms with Crippen LogP contribution in [-0.2, 0) is 0 Å². The van der Waals surface area contributed by atoms with E-state index in [4.69, 9.17) is 0 Å². The minimum atomic E-state index is 0.479. The first kappa shape index (κ1) is 13.8. The fourth-order valence-corrected chi connectivity index (χ4v) is 2.41. The normalized spacial score (nSPS) is 27.7. The summed E-state index contributed by atoms with van der Waals surface area (Å²) in [5.41, 5.74) is 0. The van der Waals surface area contributed by atoms with Gasteiger partial charge in [-0.15, -0.1) is 5.10 Å². The van der Waals surface area contributed by atoms with Gasteiger partial charge >= 0.3 is 0 Å². The molecule has 0 bridgehead atoms. The van der Waals surface area contributed by atoms with E-state index in [1.54, 1.807) is 6.34 Å². The monoisotopic (exact) mass is 264 g/mol. The predicted molar refractivity (Wildman–Crippen MR) is 77.8 cm³/mol. The summed E-state index contributed by atoms with van der Waals surface area (Å²) in [5.74, 6) is 2.77. The number of anilines is 1. The van der Waals surface area contributed by atoms with E-state index in [0.717, 1.165) is 11.8 Å². The van der Waals surface area contributed by atoms with Crippen LogP contribution in [0.4, 0.5) is 11.9 Å². The van der Waals surface area contributed by atoms with Gasteiger partial charge < -0.3 is 10.2 Å². The molecule has 3 atom stereocenters. The number of aliphatic imine (C=N–C) groups is 1. The molecule has 6 heteroatoms. The van der Waals surface area contributed by atoms with Gasteiger partial charge in [0.15, 0.2) is 0 Å². The Labute approximate surface area is 114 Å². The summed E-state index contributed by atoms with van der Waals surface area (Å²) in [7, 11) is 3.84. The standard InChI is InChI=1S/C13H24N6/c1-9-5-6-11(7-10(9)2)15-13-16-12(17-18-13)14-8-19(3)4/h8-11H,5-7H2,1-4H3,(H2,15,16,17,18)/t9-,10-,11+/m1/s1. The Kier molecular flexibility index (Phi) is 4.39. The molecule has 0 amide bonds. The van der Waals surface area contributed by atoms with Gasteiger partial charge in [-0.2, -0.15) is 4.98 Å². The van der Waals surface area contributed by atoms with Crippen LogP contribution in [0.5, 0.6) is 0 Å². The fourth-order valence-electron chi connectivity index (χ4n) is 2.41. The van der Waals surface area contributed by atoms with Gasteiger partial charge in [0.1, 0.15) is 0 Å². The van der Waals surface area contributed by atoms with E-state index < -0.39 is 0 Å². The van der Waals surface area contributed by atoms with Crippen LogP contribution in [0.2, 0.25) is 0 Å². The molecule has 0 aliphatic heterocycles. The Morgan fingerprint density at radius 1 is 1.32 bits per heavy atom.